The Balaban J connectivity index is 0.000000396. The lowest BCUT2D eigenvalue weighted by Crippen LogP contribution is -2.27. The molecule has 0 heterocycles. The minimum absolute atomic E-state index is 0.0194. The molecule has 0 unspecified atom stereocenters. The van der Waals surface area contributed by atoms with Crippen LogP contribution < -0.4 is 20.1 Å². The lowest BCUT2D eigenvalue weighted by Gasteiger charge is -2.18. The van der Waals surface area contributed by atoms with Gasteiger partial charge in [-0.2, -0.15) is 16.8 Å². The molecule has 0 aromatic heterocycles. The fraction of sp³-hybridized carbons (Fsp3) is 0.551. The number of ether oxygens (including phenoxy) is 14. The number of hydrogen-bond acceptors (Lipinski definition) is 21. The number of unbranched alkanes of at least 4 members (excludes halogenated alkanes) is 4. The quantitative estimate of drug-likeness (QED) is 0.0156. The van der Waals surface area contributed by atoms with Gasteiger partial charge in [0.15, 0.2) is 0 Å². The molecule has 8 aromatic carbocycles. The molecule has 0 bridgehead atoms. The monoisotopic (exact) mass is 1500 g/mol. The van der Waals surface area contributed by atoms with Gasteiger partial charge in [-0.1, -0.05) is 43.3 Å². The van der Waals surface area contributed by atoms with E-state index < -0.39 is 20.2 Å². The van der Waals surface area contributed by atoms with Crippen molar-refractivity contribution in [1.29, 1.82) is 0 Å². The molecule has 0 spiro atoms. The second-order valence-electron chi connectivity index (χ2n) is 25.2. The summed E-state index contributed by atoms with van der Waals surface area (Å²) in [6.45, 7) is 22.2. The molecule has 0 radical (unpaired) electrons. The van der Waals surface area contributed by atoms with Crippen molar-refractivity contribution in [3.05, 3.63) is 95.1 Å². The third kappa shape index (κ3) is 28.2. The van der Waals surface area contributed by atoms with Gasteiger partial charge in [-0.25, -0.2) is 0 Å². The summed E-state index contributed by atoms with van der Waals surface area (Å²) in [5.41, 5.74) is 3.61. The molecule has 0 aliphatic heterocycles. The Bertz CT molecular complexity index is 4170. The van der Waals surface area contributed by atoms with E-state index in [0.717, 1.165) is 126 Å². The SMILES string of the molecule is CCC(=O)CCOCCOCCOCCOCCOCCOCCOCCOCCOCCOCCOCCOCCNC(=O)CCCCCOc1cc(C)c2ccc3c(C)cc(S(=O)(=O)O)c4ccc1c2c34.CNC(=O)CCCCCOc1cc(C)c2ccc3c(C)cc(S(=O)(=O)O)c4ccc1c2c34. The van der Waals surface area contributed by atoms with E-state index in [1.807, 2.05) is 71.0 Å². The lowest BCUT2D eigenvalue weighted by atomic mass is 9.90. The molecule has 2 amide bonds. The maximum atomic E-state index is 12.3. The smallest absolute Gasteiger partial charge is 0.295 e. The van der Waals surface area contributed by atoms with Crippen LogP contribution in [-0.4, -0.2) is 229 Å². The molecule has 0 fully saturated rings. The Morgan fingerprint density at radius 1 is 0.333 bits per heavy atom. The van der Waals surface area contributed by atoms with E-state index in [0.29, 0.717) is 215 Å². The Morgan fingerprint density at radius 3 is 0.924 bits per heavy atom. The van der Waals surface area contributed by atoms with Gasteiger partial charge in [0.25, 0.3) is 20.2 Å². The molecular formula is C78H108N2O23S2. The fourth-order valence-corrected chi connectivity index (χ4v) is 13.6. The first-order valence-electron chi connectivity index (χ1n) is 36.4. The number of Topliss-reactive ketones (excluding diaryl/α,β-unsaturated/α-hetero) is 1. The van der Waals surface area contributed by atoms with E-state index in [-0.39, 0.29) is 27.4 Å². The van der Waals surface area contributed by atoms with E-state index in [1.165, 1.54) is 12.1 Å². The van der Waals surface area contributed by atoms with Crippen molar-refractivity contribution in [2.45, 2.75) is 109 Å². The minimum atomic E-state index is -4.41. The lowest BCUT2D eigenvalue weighted by molar-refractivity contribution is -0.122. The summed E-state index contributed by atoms with van der Waals surface area (Å²) in [5.74, 6) is 1.71. The molecule has 0 saturated heterocycles. The average molecular weight is 1510 g/mol. The zero-order valence-electron chi connectivity index (χ0n) is 61.9. The number of hydrogen-bond donors (Lipinski definition) is 4. The number of amides is 2. The molecule has 27 heteroatoms. The third-order valence-electron chi connectivity index (χ3n) is 17.5. The van der Waals surface area contributed by atoms with E-state index >= 15 is 0 Å². The van der Waals surface area contributed by atoms with Crippen LogP contribution in [0.1, 0.15) is 93.4 Å². The summed E-state index contributed by atoms with van der Waals surface area (Å²) in [6.07, 6.45) is 6.82. The van der Waals surface area contributed by atoms with Crippen LogP contribution in [0.5, 0.6) is 11.5 Å². The van der Waals surface area contributed by atoms with Crippen LogP contribution >= 0.6 is 0 Å². The summed E-state index contributed by atoms with van der Waals surface area (Å²) in [6, 6.07) is 22.4. The van der Waals surface area contributed by atoms with Crippen molar-refractivity contribution in [3.63, 3.8) is 0 Å². The van der Waals surface area contributed by atoms with E-state index in [2.05, 4.69) is 22.8 Å². The van der Waals surface area contributed by atoms with Crippen LogP contribution in [0.15, 0.2) is 82.6 Å². The van der Waals surface area contributed by atoms with Gasteiger partial charge in [0.2, 0.25) is 11.8 Å². The number of ketones is 1. The van der Waals surface area contributed by atoms with Crippen LogP contribution in [0.25, 0.3) is 64.6 Å². The number of carbonyl (C=O) groups is 3. The third-order valence-corrected chi connectivity index (χ3v) is 19.3. The number of aryl methyl sites for hydroxylation is 4. The van der Waals surface area contributed by atoms with Gasteiger partial charge in [-0.05, 0) is 157 Å². The molecule has 0 aliphatic carbocycles. The predicted molar refractivity (Wildman–Crippen MR) is 404 cm³/mol. The molecule has 4 N–H and O–H groups in total. The van der Waals surface area contributed by atoms with Gasteiger partial charge in [0.05, 0.1) is 172 Å². The molecule has 580 valence electrons. The number of nitrogens with one attached hydrogen (secondary N) is 2. The average Bonchev–Trinajstić information content (AvgIpc) is 0.726. The number of carbonyl (C=O) groups excluding carboxylic acids is 3. The van der Waals surface area contributed by atoms with Gasteiger partial charge >= 0.3 is 0 Å². The van der Waals surface area contributed by atoms with Crippen LogP contribution in [0.3, 0.4) is 0 Å². The summed E-state index contributed by atoms with van der Waals surface area (Å²) in [7, 11) is -7.13. The first-order chi connectivity index (χ1) is 50.8. The van der Waals surface area contributed by atoms with Crippen LogP contribution in [0.4, 0.5) is 0 Å². The second kappa shape index (κ2) is 46.6. The molecular weight excluding hydrogens is 1400 g/mol. The van der Waals surface area contributed by atoms with E-state index in [4.69, 9.17) is 66.3 Å². The van der Waals surface area contributed by atoms with Crippen LogP contribution in [0, 0.1) is 27.7 Å². The van der Waals surface area contributed by atoms with Crippen molar-refractivity contribution in [2.24, 2.45) is 0 Å². The summed E-state index contributed by atoms with van der Waals surface area (Å²) in [4.78, 5) is 34.7. The number of rotatable bonds is 56. The van der Waals surface area contributed by atoms with E-state index in [1.54, 1.807) is 19.2 Å². The van der Waals surface area contributed by atoms with Crippen LogP contribution in [-0.2, 0) is 91.5 Å². The molecule has 0 aliphatic rings. The standard InChI is InChI=1S/C53H81NO18S.C25H27NO5S/c1-4-44(55)13-16-60-18-20-62-22-24-64-26-28-66-30-32-68-34-36-70-38-39-71-37-35-69-33-31-67-29-27-65-25-23-63-21-19-61-17-14-54-51(56)8-6-5-7-15-72-49-40-42(2)45-9-10-46-43(3)41-50(73(57,58)59)48-12-11-47(49)52(45)53(46)48;1-15-13-21(31-12-6-4-5-7-23(27)26-3)19-10-11-20-22(32(28,29)30)14-16(2)18-9-8-17(15)24(19)25(18)20/h9-12,40-41H,4-8,13-39H2,1-3H3,(H,54,56)(H,57,58,59);8-11,13-14H,4-7,12H2,1-3H3,(H,26,27)(H,28,29,30). The topological polar surface area (TPSA) is 313 Å². The van der Waals surface area contributed by atoms with Gasteiger partial charge in [-0.3, -0.25) is 23.5 Å². The van der Waals surface area contributed by atoms with Crippen molar-refractivity contribution < 1.29 is 107 Å². The molecule has 0 saturated carbocycles. The minimum Gasteiger partial charge on any atom is -0.493 e. The fourth-order valence-electron chi connectivity index (χ4n) is 12.1. The van der Waals surface area contributed by atoms with Gasteiger partial charge in [0.1, 0.15) is 27.1 Å². The first-order valence-corrected chi connectivity index (χ1v) is 39.3. The highest BCUT2D eigenvalue weighted by atomic mass is 32.2. The van der Waals surface area contributed by atoms with E-state index in [9.17, 15) is 40.3 Å². The molecule has 8 aromatic rings. The molecule has 8 rings (SSSR count). The van der Waals surface area contributed by atoms with Crippen molar-refractivity contribution in [3.8, 4) is 11.5 Å². The maximum absolute atomic E-state index is 12.3. The highest BCUT2D eigenvalue weighted by Gasteiger charge is 2.24. The van der Waals surface area contributed by atoms with Crippen molar-refractivity contribution >= 4 is 102 Å². The maximum Gasteiger partial charge on any atom is 0.295 e. The zero-order chi connectivity index (χ0) is 75.2. The van der Waals surface area contributed by atoms with Crippen LogP contribution in [0.2, 0.25) is 0 Å². The van der Waals surface area contributed by atoms with Crippen molar-refractivity contribution in [1.82, 2.24) is 10.6 Å². The van der Waals surface area contributed by atoms with Gasteiger partial charge in [0, 0.05) is 71.6 Å². The number of benzene rings is 8. The van der Waals surface area contributed by atoms with Gasteiger partial charge in [-0.15, -0.1) is 0 Å². The zero-order valence-corrected chi connectivity index (χ0v) is 63.5. The first kappa shape index (κ1) is 85.6. The second-order valence-corrected chi connectivity index (χ2v) is 28.0. The Hall–Kier alpha value is -6.61. The Labute approximate surface area is 617 Å². The Morgan fingerprint density at radius 2 is 0.610 bits per heavy atom. The normalized spacial score (nSPS) is 12.0. The Kier molecular flexibility index (Phi) is 38.0. The predicted octanol–water partition coefficient (Wildman–Crippen LogP) is 11.2. The summed E-state index contributed by atoms with van der Waals surface area (Å²) >= 11 is 0. The van der Waals surface area contributed by atoms with Crippen molar-refractivity contribution in [2.75, 3.05) is 185 Å². The highest BCUT2D eigenvalue weighted by molar-refractivity contribution is 7.86. The van der Waals surface area contributed by atoms with Gasteiger partial charge < -0.3 is 76.9 Å². The molecule has 0 atom stereocenters. The molecule has 25 nitrogen and oxygen atoms in total. The summed E-state index contributed by atoms with van der Waals surface area (Å²) < 4.78 is 147. The molecule has 105 heavy (non-hydrogen) atoms. The highest BCUT2D eigenvalue weighted by Crippen LogP contribution is 2.45. The summed E-state index contributed by atoms with van der Waals surface area (Å²) in [5, 5.41) is 15.7. The largest absolute Gasteiger partial charge is 0.493 e.